The van der Waals surface area contributed by atoms with E-state index in [-0.39, 0.29) is 12.5 Å². The van der Waals surface area contributed by atoms with Gasteiger partial charge in [-0.1, -0.05) is 12.1 Å². The Labute approximate surface area is 148 Å². The molecule has 1 amide bonds. The van der Waals surface area contributed by atoms with Gasteiger partial charge in [-0.3, -0.25) is 14.4 Å². The van der Waals surface area contributed by atoms with E-state index >= 15 is 0 Å². The van der Waals surface area contributed by atoms with Gasteiger partial charge in [-0.25, -0.2) is 0 Å². The maximum atomic E-state index is 12.2. The number of nitrogens with zero attached hydrogens (tertiary/aromatic N) is 3. The molecule has 134 valence electrons. The van der Waals surface area contributed by atoms with Crippen molar-refractivity contribution in [2.75, 3.05) is 27.2 Å². The Morgan fingerprint density at radius 2 is 2.16 bits per heavy atom. The number of likely N-dealkylation sites (tertiary alicyclic amines) is 1. The van der Waals surface area contributed by atoms with Crippen LogP contribution in [0.2, 0.25) is 0 Å². The lowest BCUT2D eigenvalue weighted by atomic mass is 9.85. The summed E-state index contributed by atoms with van der Waals surface area (Å²) in [6, 6.07) is 10.4. The molecule has 0 radical (unpaired) electrons. The van der Waals surface area contributed by atoms with Gasteiger partial charge in [0.05, 0.1) is 7.11 Å². The molecule has 0 spiro atoms. The summed E-state index contributed by atoms with van der Waals surface area (Å²) in [5.74, 6) is 1.27. The number of benzene rings is 1. The monoisotopic (exact) mass is 342 g/mol. The maximum Gasteiger partial charge on any atom is 0.241 e. The molecule has 1 saturated heterocycles. The molecule has 0 bridgehead atoms. The highest BCUT2D eigenvalue weighted by Crippen LogP contribution is 2.35. The smallest absolute Gasteiger partial charge is 0.241 e. The van der Waals surface area contributed by atoms with Gasteiger partial charge in [0.25, 0.3) is 0 Å². The fourth-order valence-electron chi connectivity index (χ4n) is 3.64. The van der Waals surface area contributed by atoms with Crippen LogP contribution in [0.3, 0.4) is 0 Å². The molecular weight excluding hydrogens is 316 g/mol. The van der Waals surface area contributed by atoms with Crippen molar-refractivity contribution in [2.24, 2.45) is 5.92 Å². The number of amides is 1. The first-order valence-electron chi connectivity index (χ1n) is 8.75. The largest absolute Gasteiger partial charge is 0.497 e. The Morgan fingerprint density at radius 1 is 1.36 bits per heavy atom. The molecule has 1 aromatic heterocycles. The highest BCUT2D eigenvalue weighted by molar-refractivity contribution is 5.75. The summed E-state index contributed by atoms with van der Waals surface area (Å²) in [7, 11) is 3.84. The minimum absolute atomic E-state index is 0.00501. The molecule has 2 heterocycles. The van der Waals surface area contributed by atoms with Crippen molar-refractivity contribution < 1.29 is 9.53 Å². The van der Waals surface area contributed by atoms with Gasteiger partial charge in [0, 0.05) is 25.0 Å². The number of hydrogen-bond acceptors (Lipinski definition) is 4. The standard InChI is InChI=1S/C19H26N4O2/c1-22-11-3-5-16(13-20-18(24)14-23-12-4-10-21-23)19(22)15-6-8-17(25-2)9-7-15/h4,6-10,12,16,19H,3,5,11,13-14H2,1-2H3,(H,20,24)/t16-,19+/m1/s1. The van der Waals surface area contributed by atoms with Gasteiger partial charge in [0.15, 0.2) is 0 Å². The topological polar surface area (TPSA) is 59.4 Å². The Hall–Kier alpha value is -2.34. The molecule has 0 saturated carbocycles. The van der Waals surface area contributed by atoms with Crippen LogP contribution in [0.5, 0.6) is 5.75 Å². The van der Waals surface area contributed by atoms with E-state index in [0.717, 1.165) is 25.1 Å². The molecule has 3 rings (SSSR count). The summed E-state index contributed by atoms with van der Waals surface area (Å²) in [4.78, 5) is 14.5. The first-order chi connectivity index (χ1) is 12.2. The van der Waals surface area contributed by atoms with Crippen LogP contribution in [-0.2, 0) is 11.3 Å². The van der Waals surface area contributed by atoms with Gasteiger partial charge in [-0.05, 0) is 56.1 Å². The molecule has 1 aromatic carbocycles. The van der Waals surface area contributed by atoms with E-state index in [1.807, 2.05) is 18.2 Å². The van der Waals surface area contributed by atoms with Crippen molar-refractivity contribution in [3.05, 3.63) is 48.3 Å². The molecule has 2 atom stereocenters. The van der Waals surface area contributed by atoms with Crippen molar-refractivity contribution >= 4 is 5.91 Å². The average molecular weight is 342 g/mol. The molecule has 1 N–H and O–H groups in total. The van der Waals surface area contributed by atoms with E-state index in [4.69, 9.17) is 4.74 Å². The first-order valence-corrected chi connectivity index (χ1v) is 8.75. The van der Waals surface area contributed by atoms with Gasteiger partial charge in [0.2, 0.25) is 5.91 Å². The number of carbonyl (C=O) groups excluding carboxylic acids is 1. The predicted octanol–water partition coefficient (Wildman–Crippen LogP) is 2.09. The second-order valence-electron chi connectivity index (χ2n) is 6.61. The van der Waals surface area contributed by atoms with Crippen molar-refractivity contribution in [1.82, 2.24) is 20.0 Å². The Morgan fingerprint density at radius 3 is 2.84 bits per heavy atom. The van der Waals surface area contributed by atoms with Gasteiger partial charge >= 0.3 is 0 Å². The zero-order chi connectivity index (χ0) is 17.6. The van der Waals surface area contributed by atoms with Crippen LogP contribution >= 0.6 is 0 Å². The quantitative estimate of drug-likeness (QED) is 0.873. The second kappa shape index (κ2) is 8.16. The average Bonchev–Trinajstić information content (AvgIpc) is 3.13. The predicted molar refractivity (Wildman–Crippen MR) is 96.3 cm³/mol. The van der Waals surface area contributed by atoms with Gasteiger partial charge < -0.3 is 10.1 Å². The van der Waals surface area contributed by atoms with Crippen molar-refractivity contribution in [1.29, 1.82) is 0 Å². The number of carbonyl (C=O) groups is 1. The van der Waals surface area contributed by atoms with Crippen LogP contribution in [0, 0.1) is 5.92 Å². The zero-order valence-corrected chi connectivity index (χ0v) is 14.9. The highest BCUT2D eigenvalue weighted by atomic mass is 16.5. The molecular formula is C19H26N4O2. The van der Waals surface area contributed by atoms with Crippen LogP contribution in [0.4, 0.5) is 0 Å². The fraction of sp³-hybridized carbons (Fsp3) is 0.474. The summed E-state index contributed by atoms with van der Waals surface area (Å²) in [6.45, 7) is 2.03. The number of methoxy groups -OCH3 is 1. The normalized spacial score (nSPS) is 21.0. The molecule has 1 fully saturated rings. The fourth-order valence-corrected chi connectivity index (χ4v) is 3.64. The molecule has 25 heavy (non-hydrogen) atoms. The Bertz CT molecular complexity index is 669. The number of nitrogens with one attached hydrogen (secondary N) is 1. The van der Waals surface area contributed by atoms with E-state index in [9.17, 15) is 4.79 Å². The van der Waals surface area contributed by atoms with E-state index in [1.165, 1.54) is 5.56 Å². The zero-order valence-electron chi connectivity index (χ0n) is 14.9. The van der Waals surface area contributed by atoms with Crippen LogP contribution in [0.15, 0.2) is 42.7 Å². The van der Waals surface area contributed by atoms with Crippen LogP contribution in [0.1, 0.15) is 24.4 Å². The van der Waals surface area contributed by atoms with E-state index < -0.39 is 0 Å². The lowest BCUT2D eigenvalue weighted by Gasteiger charge is -2.39. The third-order valence-corrected chi connectivity index (χ3v) is 4.89. The third kappa shape index (κ3) is 4.39. The van der Waals surface area contributed by atoms with Gasteiger partial charge in [0.1, 0.15) is 12.3 Å². The van der Waals surface area contributed by atoms with E-state index in [1.54, 1.807) is 24.2 Å². The third-order valence-electron chi connectivity index (χ3n) is 4.89. The van der Waals surface area contributed by atoms with E-state index in [2.05, 4.69) is 34.5 Å². The molecule has 0 aliphatic carbocycles. The summed E-state index contributed by atoms with van der Waals surface area (Å²) >= 11 is 0. The summed E-state index contributed by atoms with van der Waals surface area (Å²) in [6.07, 6.45) is 5.75. The summed E-state index contributed by atoms with van der Waals surface area (Å²) in [5.41, 5.74) is 1.27. The van der Waals surface area contributed by atoms with Gasteiger partial charge in [-0.2, -0.15) is 5.10 Å². The number of aromatic nitrogens is 2. The molecule has 6 nitrogen and oxygen atoms in total. The summed E-state index contributed by atoms with van der Waals surface area (Å²) in [5, 5.41) is 7.16. The SMILES string of the molecule is COc1ccc([C@H]2[C@@H](CNC(=O)Cn3cccn3)CCCN2C)cc1. The summed E-state index contributed by atoms with van der Waals surface area (Å²) < 4.78 is 6.90. The number of hydrogen-bond donors (Lipinski definition) is 1. The van der Waals surface area contributed by atoms with E-state index in [0.29, 0.717) is 18.5 Å². The van der Waals surface area contributed by atoms with Crippen LogP contribution < -0.4 is 10.1 Å². The van der Waals surface area contributed by atoms with Crippen molar-refractivity contribution in [3.63, 3.8) is 0 Å². The van der Waals surface area contributed by atoms with Crippen LogP contribution in [0.25, 0.3) is 0 Å². The minimum atomic E-state index is 0.00501. The van der Waals surface area contributed by atoms with Gasteiger partial charge in [-0.15, -0.1) is 0 Å². The van der Waals surface area contributed by atoms with Crippen LogP contribution in [-0.4, -0.2) is 47.8 Å². The lowest BCUT2D eigenvalue weighted by molar-refractivity contribution is -0.122. The first kappa shape index (κ1) is 17.5. The molecule has 2 aromatic rings. The second-order valence-corrected chi connectivity index (χ2v) is 6.61. The van der Waals surface area contributed by atoms with Crippen molar-refractivity contribution in [2.45, 2.75) is 25.4 Å². The minimum Gasteiger partial charge on any atom is -0.497 e. The Kier molecular flexibility index (Phi) is 5.71. The molecule has 0 unspecified atom stereocenters. The number of ether oxygens (including phenoxy) is 1. The van der Waals surface area contributed by atoms with Crippen molar-refractivity contribution in [3.8, 4) is 5.75 Å². The maximum absolute atomic E-state index is 12.2. The lowest BCUT2D eigenvalue weighted by Crippen LogP contribution is -2.42. The molecule has 6 heteroatoms. The Balaban J connectivity index is 1.63. The number of piperidine rings is 1. The molecule has 1 aliphatic heterocycles. The number of rotatable bonds is 6. The molecule has 1 aliphatic rings. The highest BCUT2D eigenvalue weighted by Gasteiger charge is 2.30.